The van der Waals surface area contributed by atoms with E-state index >= 15 is 0 Å². The number of aryl methyl sites for hydroxylation is 1. The summed E-state index contributed by atoms with van der Waals surface area (Å²) in [5, 5.41) is 0. The average molecular weight is 322 g/mol. The number of rotatable bonds is 3. The zero-order valence-corrected chi connectivity index (χ0v) is 12.1. The van der Waals surface area contributed by atoms with Gasteiger partial charge in [0.1, 0.15) is 11.3 Å². The van der Waals surface area contributed by atoms with Crippen molar-refractivity contribution in [1.82, 2.24) is 14.5 Å². The summed E-state index contributed by atoms with van der Waals surface area (Å²) in [6, 6.07) is 4.69. The maximum atomic E-state index is 12.8. The Bertz CT molecular complexity index is 858. The van der Waals surface area contributed by atoms with E-state index in [1.807, 2.05) is 11.5 Å². The van der Waals surface area contributed by atoms with E-state index in [0.717, 1.165) is 17.6 Å². The first-order chi connectivity index (χ1) is 10.9. The Kier molecular flexibility index (Phi) is 3.59. The van der Waals surface area contributed by atoms with Crippen LogP contribution in [0.25, 0.3) is 11.0 Å². The van der Waals surface area contributed by atoms with Crippen molar-refractivity contribution in [2.45, 2.75) is 19.6 Å². The molecule has 0 fully saturated rings. The molecule has 0 amide bonds. The predicted molar refractivity (Wildman–Crippen MR) is 79.1 cm³/mol. The lowest BCUT2D eigenvalue weighted by molar-refractivity contribution is -0.137. The molecule has 3 rings (SSSR count). The lowest BCUT2D eigenvalue weighted by Crippen LogP contribution is -2.06. The highest BCUT2D eigenvalue weighted by Crippen LogP contribution is 2.34. The zero-order chi connectivity index (χ0) is 16.6. The molecule has 2 heterocycles. The van der Waals surface area contributed by atoms with Gasteiger partial charge in [-0.25, -0.2) is 9.97 Å². The number of benzene rings is 1. The molecule has 120 valence electrons. The van der Waals surface area contributed by atoms with Crippen molar-refractivity contribution >= 4 is 16.7 Å². The third-order valence-corrected chi connectivity index (χ3v) is 3.30. The van der Waals surface area contributed by atoms with Gasteiger partial charge >= 0.3 is 6.18 Å². The molecule has 0 spiro atoms. The molecule has 0 radical (unpaired) electrons. The minimum Gasteiger partial charge on any atom is -0.439 e. The number of nitrogens with two attached hydrogens (primary N) is 1. The lowest BCUT2D eigenvalue weighted by Gasteiger charge is -2.11. The molecular weight excluding hydrogens is 309 g/mol. The number of pyridine rings is 1. The molecule has 8 heteroatoms. The van der Waals surface area contributed by atoms with Crippen LogP contribution in [0.2, 0.25) is 0 Å². The van der Waals surface area contributed by atoms with E-state index in [1.165, 1.54) is 12.3 Å². The van der Waals surface area contributed by atoms with Crippen molar-refractivity contribution in [1.29, 1.82) is 0 Å². The number of anilines is 1. The van der Waals surface area contributed by atoms with E-state index in [4.69, 9.17) is 10.5 Å². The van der Waals surface area contributed by atoms with Gasteiger partial charge in [-0.2, -0.15) is 13.2 Å². The van der Waals surface area contributed by atoms with Gasteiger partial charge in [-0.05, 0) is 19.1 Å². The van der Waals surface area contributed by atoms with Crippen LogP contribution in [0.4, 0.5) is 18.9 Å². The van der Waals surface area contributed by atoms with Gasteiger partial charge in [0, 0.05) is 24.4 Å². The summed E-state index contributed by atoms with van der Waals surface area (Å²) in [6.45, 7) is 2.66. The minimum absolute atomic E-state index is 0.0215. The standard InChI is InChI=1S/C15H13F3N4O/c1-2-22-8-21-12-7-20-14(6-13(12)22)23-11-4-9(15(16,17)18)3-10(19)5-11/h3-8H,2,19H2,1H3. The summed E-state index contributed by atoms with van der Waals surface area (Å²) in [7, 11) is 0. The van der Waals surface area contributed by atoms with Gasteiger partial charge in [0.2, 0.25) is 5.88 Å². The number of aromatic nitrogens is 3. The van der Waals surface area contributed by atoms with Crippen LogP contribution in [0, 0.1) is 0 Å². The molecule has 0 atom stereocenters. The molecule has 23 heavy (non-hydrogen) atoms. The van der Waals surface area contributed by atoms with Gasteiger partial charge in [-0.3, -0.25) is 0 Å². The number of fused-ring (bicyclic) bond motifs is 1. The second-order valence-electron chi connectivity index (χ2n) is 4.93. The van der Waals surface area contributed by atoms with Crippen molar-refractivity contribution in [2.75, 3.05) is 5.73 Å². The van der Waals surface area contributed by atoms with E-state index in [9.17, 15) is 13.2 Å². The van der Waals surface area contributed by atoms with Gasteiger partial charge in [0.25, 0.3) is 0 Å². The van der Waals surface area contributed by atoms with Crippen LogP contribution in [-0.4, -0.2) is 14.5 Å². The second kappa shape index (κ2) is 5.45. The third-order valence-electron chi connectivity index (χ3n) is 3.30. The fourth-order valence-corrected chi connectivity index (χ4v) is 2.22. The van der Waals surface area contributed by atoms with Crippen molar-refractivity contribution < 1.29 is 17.9 Å². The predicted octanol–water partition coefficient (Wildman–Crippen LogP) is 3.84. The topological polar surface area (TPSA) is 66.0 Å². The van der Waals surface area contributed by atoms with Crippen molar-refractivity contribution in [2.24, 2.45) is 0 Å². The fraction of sp³-hybridized carbons (Fsp3) is 0.200. The molecule has 0 unspecified atom stereocenters. The summed E-state index contributed by atoms with van der Waals surface area (Å²) in [6.07, 6.45) is -1.32. The van der Waals surface area contributed by atoms with Gasteiger partial charge in [-0.1, -0.05) is 0 Å². The number of halogens is 3. The van der Waals surface area contributed by atoms with Crippen LogP contribution in [0.15, 0.2) is 36.8 Å². The smallest absolute Gasteiger partial charge is 0.416 e. The Labute approximate surface area is 129 Å². The summed E-state index contributed by atoms with van der Waals surface area (Å²) < 4.78 is 45.8. The highest BCUT2D eigenvalue weighted by molar-refractivity contribution is 5.75. The Morgan fingerprint density at radius 3 is 2.65 bits per heavy atom. The Hall–Kier alpha value is -2.77. The maximum absolute atomic E-state index is 12.8. The molecule has 0 saturated heterocycles. The molecule has 0 aliphatic heterocycles. The van der Waals surface area contributed by atoms with E-state index in [-0.39, 0.29) is 17.3 Å². The van der Waals surface area contributed by atoms with E-state index in [2.05, 4.69) is 9.97 Å². The van der Waals surface area contributed by atoms with E-state index < -0.39 is 11.7 Å². The Morgan fingerprint density at radius 1 is 1.17 bits per heavy atom. The highest BCUT2D eigenvalue weighted by atomic mass is 19.4. The van der Waals surface area contributed by atoms with Crippen LogP contribution in [0.5, 0.6) is 11.6 Å². The zero-order valence-electron chi connectivity index (χ0n) is 12.1. The molecule has 2 aromatic heterocycles. The molecule has 0 saturated carbocycles. The Balaban J connectivity index is 1.97. The maximum Gasteiger partial charge on any atom is 0.416 e. The number of hydrogen-bond donors (Lipinski definition) is 1. The molecule has 0 aliphatic rings. The summed E-state index contributed by atoms with van der Waals surface area (Å²) in [4.78, 5) is 8.23. The third kappa shape index (κ3) is 3.05. The first kappa shape index (κ1) is 15.1. The molecule has 1 aromatic carbocycles. The lowest BCUT2D eigenvalue weighted by atomic mass is 10.2. The van der Waals surface area contributed by atoms with E-state index in [1.54, 1.807) is 12.4 Å². The fourth-order valence-electron chi connectivity index (χ4n) is 2.22. The van der Waals surface area contributed by atoms with Crippen LogP contribution < -0.4 is 10.5 Å². The van der Waals surface area contributed by atoms with Crippen LogP contribution >= 0.6 is 0 Å². The summed E-state index contributed by atoms with van der Waals surface area (Å²) in [5.74, 6) is 0.151. The monoisotopic (exact) mass is 322 g/mol. The van der Waals surface area contributed by atoms with Crippen molar-refractivity contribution in [3.05, 3.63) is 42.4 Å². The molecular formula is C15H13F3N4O. The van der Waals surface area contributed by atoms with Crippen LogP contribution in [-0.2, 0) is 12.7 Å². The molecule has 2 N–H and O–H groups in total. The largest absolute Gasteiger partial charge is 0.439 e. The Morgan fingerprint density at radius 2 is 1.96 bits per heavy atom. The van der Waals surface area contributed by atoms with Crippen molar-refractivity contribution in [3.63, 3.8) is 0 Å². The molecule has 0 aliphatic carbocycles. The van der Waals surface area contributed by atoms with Gasteiger partial charge in [-0.15, -0.1) is 0 Å². The number of hydrogen-bond acceptors (Lipinski definition) is 4. The normalized spacial score (nSPS) is 11.8. The summed E-state index contributed by atoms with van der Waals surface area (Å²) >= 11 is 0. The number of nitrogens with zero attached hydrogens (tertiary/aromatic N) is 3. The van der Waals surface area contributed by atoms with Gasteiger partial charge in [0.15, 0.2) is 0 Å². The minimum atomic E-state index is -4.49. The summed E-state index contributed by atoms with van der Waals surface area (Å²) in [5.41, 5.74) is 6.09. The quantitative estimate of drug-likeness (QED) is 0.744. The van der Waals surface area contributed by atoms with Gasteiger partial charge in [0.05, 0.1) is 23.6 Å². The SMILES string of the molecule is CCn1cnc2cnc(Oc3cc(N)cc(C(F)(F)F)c3)cc21. The number of ether oxygens (including phenoxy) is 1. The number of alkyl halides is 3. The molecule has 5 nitrogen and oxygen atoms in total. The average Bonchev–Trinajstić information content (AvgIpc) is 2.88. The highest BCUT2D eigenvalue weighted by Gasteiger charge is 2.31. The molecule has 0 bridgehead atoms. The van der Waals surface area contributed by atoms with Crippen molar-refractivity contribution in [3.8, 4) is 11.6 Å². The van der Waals surface area contributed by atoms with E-state index in [0.29, 0.717) is 12.1 Å². The number of imidazole rings is 1. The first-order valence-corrected chi connectivity index (χ1v) is 6.83. The van der Waals surface area contributed by atoms with Gasteiger partial charge < -0.3 is 15.0 Å². The van der Waals surface area contributed by atoms with Crippen LogP contribution in [0.3, 0.4) is 0 Å². The first-order valence-electron chi connectivity index (χ1n) is 6.83. The van der Waals surface area contributed by atoms with Crippen LogP contribution in [0.1, 0.15) is 12.5 Å². The molecule has 3 aromatic rings. The second-order valence-corrected chi connectivity index (χ2v) is 4.93. The number of nitrogen functional groups attached to an aromatic ring is 1.